The first kappa shape index (κ1) is 8.81. The molecule has 0 aromatic heterocycles. The monoisotopic (exact) mass is 146 g/mol. The molecular formula is C7H11ClO. The molecule has 0 amide bonds. The van der Waals surface area contributed by atoms with Crippen molar-refractivity contribution >= 4 is 11.6 Å². The highest BCUT2D eigenvalue weighted by Gasteiger charge is 2.13. The summed E-state index contributed by atoms with van der Waals surface area (Å²) in [6.45, 7) is 3.53. The first-order valence-corrected chi connectivity index (χ1v) is 3.44. The van der Waals surface area contributed by atoms with Crippen molar-refractivity contribution < 1.29 is 5.11 Å². The second kappa shape index (κ2) is 3.76. The van der Waals surface area contributed by atoms with Gasteiger partial charge in [-0.2, -0.15) is 0 Å². The Kier molecular flexibility index (Phi) is 3.68. The van der Waals surface area contributed by atoms with E-state index in [4.69, 9.17) is 16.7 Å². The molecule has 0 spiro atoms. The first-order chi connectivity index (χ1) is 4.12. The zero-order chi connectivity index (χ0) is 7.33. The third-order valence-corrected chi connectivity index (χ3v) is 1.32. The molecule has 52 valence electrons. The summed E-state index contributed by atoms with van der Waals surface area (Å²) in [5.41, 5.74) is -1.00. The van der Waals surface area contributed by atoms with Crippen molar-refractivity contribution in [3.8, 4) is 11.8 Å². The molecule has 0 aromatic carbocycles. The number of aliphatic hydroxyl groups is 1. The maximum atomic E-state index is 9.15. The van der Waals surface area contributed by atoms with E-state index in [9.17, 15) is 0 Å². The Hall–Kier alpha value is -0.190. The van der Waals surface area contributed by atoms with Crippen LogP contribution in [0.4, 0.5) is 0 Å². The van der Waals surface area contributed by atoms with Crippen LogP contribution in [0, 0.1) is 11.8 Å². The van der Waals surface area contributed by atoms with Crippen molar-refractivity contribution in [2.45, 2.75) is 25.9 Å². The largest absolute Gasteiger partial charge is 0.377 e. The van der Waals surface area contributed by atoms with Gasteiger partial charge in [0.25, 0.3) is 0 Å². The molecule has 0 aromatic rings. The summed E-state index contributed by atoms with van der Waals surface area (Å²) in [4.78, 5) is 0. The van der Waals surface area contributed by atoms with Crippen LogP contribution in [0.25, 0.3) is 0 Å². The first-order valence-electron chi connectivity index (χ1n) is 2.91. The van der Waals surface area contributed by atoms with Crippen molar-refractivity contribution in [1.82, 2.24) is 0 Å². The van der Waals surface area contributed by atoms with Crippen LogP contribution in [-0.2, 0) is 0 Å². The van der Waals surface area contributed by atoms with E-state index in [0.29, 0.717) is 0 Å². The lowest BCUT2D eigenvalue weighted by atomic mass is 10.1. The fourth-order valence-corrected chi connectivity index (χ4v) is 0.379. The van der Waals surface area contributed by atoms with Gasteiger partial charge in [-0.25, -0.2) is 0 Å². The normalized spacial score (nSPS) is 15.6. The Balaban J connectivity index is 3.84. The smallest absolute Gasteiger partial charge is 0.136 e. The molecule has 1 N–H and O–H groups in total. The second-order valence-corrected chi connectivity index (χ2v) is 2.33. The van der Waals surface area contributed by atoms with E-state index in [-0.39, 0.29) is 5.88 Å². The molecule has 1 unspecified atom stereocenters. The van der Waals surface area contributed by atoms with Crippen molar-refractivity contribution in [2.75, 3.05) is 5.88 Å². The van der Waals surface area contributed by atoms with Gasteiger partial charge >= 0.3 is 0 Å². The van der Waals surface area contributed by atoms with E-state index in [1.807, 2.05) is 6.92 Å². The highest BCUT2D eigenvalue weighted by molar-refractivity contribution is 6.18. The van der Waals surface area contributed by atoms with Crippen LogP contribution < -0.4 is 0 Å². The zero-order valence-corrected chi connectivity index (χ0v) is 6.50. The van der Waals surface area contributed by atoms with E-state index in [2.05, 4.69) is 11.8 Å². The number of rotatable bonds is 1. The van der Waals surface area contributed by atoms with Gasteiger partial charge in [0.1, 0.15) is 5.60 Å². The van der Waals surface area contributed by atoms with Gasteiger partial charge in [-0.05, 0) is 6.92 Å². The average molecular weight is 147 g/mol. The summed E-state index contributed by atoms with van der Waals surface area (Å²) >= 11 is 5.38. The molecule has 1 atom stereocenters. The highest BCUT2D eigenvalue weighted by Crippen LogP contribution is 2.02. The fourth-order valence-electron chi connectivity index (χ4n) is 0.312. The summed E-state index contributed by atoms with van der Waals surface area (Å²) in [6.07, 6.45) is 0.757. The summed E-state index contributed by atoms with van der Waals surface area (Å²) in [7, 11) is 0. The van der Waals surface area contributed by atoms with Crippen LogP contribution in [0.3, 0.4) is 0 Å². The predicted molar refractivity (Wildman–Crippen MR) is 39.4 cm³/mol. The molecule has 0 bridgehead atoms. The SMILES string of the molecule is CCC#CC(C)(O)CCl. The molecule has 9 heavy (non-hydrogen) atoms. The molecule has 0 aliphatic carbocycles. The van der Waals surface area contributed by atoms with E-state index in [1.165, 1.54) is 0 Å². The maximum Gasteiger partial charge on any atom is 0.136 e. The van der Waals surface area contributed by atoms with E-state index in [0.717, 1.165) is 6.42 Å². The lowest BCUT2D eigenvalue weighted by Gasteiger charge is -2.09. The lowest BCUT2D eigenvalue weighted by Crippen LogP contribution is -2.23. The van der Waals surface area contributed by atoms with Crippen molar-refractivity contribution in [2.24, 2.45) is 0 Å². The molecule has 0 radical (unpaired) electrons. The topological polar surface area (TPSA) is 20.2 Å². The zero-order valence-electron chi connectivity index (χ0n) is 5.74. The second-order valence-electron chi connectivity index (χ2n) is 2.06. The summed E-state index contributed by atoms with van der Waals surface area (Å²) in [5, 5.41) is 9.15. The number of hydrogen-bond acceptors (Lipinski definition) is 1. The summed E-state index contributed by atoms with van der Waals surface area (Å²) < 4.78 is 0. The van der Waals surface area contributed by atoms with E-state index in [1.54, 1.807) is 6.92 Å². The molecule has 1 nitrogen and oxygen atoms in total. The molecule has 0 aliphatic rings. The Morgan fingerprint density at radius 1 is 1.67 bits per heavy atom. The molecular weight excluding hydrogens is 136 g/mol. The number of halogens is 1. The average Bonchev–Trinajstić information content (AvgIpc) is 1.84. The fraction of sp³-hybridized carbons (Fsp3) is 0.714. The molecule has 2 heteroatoms. The van der Waals surface area contributed by atoms with Crippen molar-refractivity contribution in [3.05, 3.63) is 0 Å². The number of alkyl halides is 1. The van der Waals surface area contributed by atoms with Crippen LogP contribution in [0.1, 0.15) is 20.3 Å². The third kappa shape index (κ3) is 4.32. The van der Waals surface area contributed by atoms with E-state index >= 15 is 0 Å². The van der Waals surface area contributed by atoms with E-state index < -0.39 is 5.60 Å². The van der Waals surface area contributed by atoms with Gasteiger partial charge in [-0.3, -0.25) is 0 Å². The van der Waals surface area contributed by atoms with Crippen LogP contribution in [0.5, 0.6) is 0 Å². The van der Waals surface area contributed by atoms with Gasteiger partial charge in [0.05, 0.1) is 5.88 Å². The van der Waals surface area contributed by atoms with Crippen molar-refractivity contribution in [1.29, 1.82) is 0 Å². The Labute approximate surface area is 61.0 Å². The standard InChI is InChI=1S/C7H11ClO/c1-3-4-5-7(2,9)6-8/h9H,3,6H2,1-2H3. The Morgan fingerprint density at radius 2 is 2.22 bits per heavy atom. The molecule has 0 fully saturated rings. The Morgan fingerprint density at radius 3 is 2.56 bits per heavy atom. The van der Waals surface area contributed by atoms with Gasteiger partial charge < -0.3 is 5.11 Å². The van der Waals surface area contributed by atoms with Gasteiger partial charge in [-0.15, -0.1) is 17.5 Å². The quantitative estimate of drug-likeness (QED) is 0.438. The minimum absolute atomic E-state index is 0.167. The lowest BCUT2D eigenvalue weighted by molar-refractivity contribution is 0.147. The van der Waals surface area contributed by atoms with Gasteiger partial charge in [0.15, 0.2) is 0 Å². The molecule has 0 heterocycles. The Bertz CT molecular complexity index is 130. The van der Waals surface area contributed by atoms with Crippen LogP contribution in [0.15, 0.2) is 0 Å². The molecule has 0 saturated heterocycles. The van der Waals surface area contributed by atoms with Crippen molar-refractivity contribution in [3.63, 3.8) is 0 Å². The van der Waals surface area contributed by atoms with Crippen LogP contribution in [-0.4, -0.2) is 16.6 Å². The van der Waals surface area contributed by atoms with Gasteiger partial charge in [0.2, 0.25) is 0 Å². The van der Waals surface area contributed by atoms with Gasteiger partial charge in [-0.1, -0.05) is 12.8 Å². The maximum absolute atomic E-state index is 9.15. The highest BCUT2D eigenvalue weighted by atomic mass is 35.5. The molecule has 0 saturated carbocycles. The van der Waals surface area contributed by atoms with Crippen LogP contribution in [0.2, 0.25) is 0 Å². The van der Waals surface area contributed by atoms with Gasteiger partial charge in [0, 0.05) is 6.42 Å². The number of hydrogen-bond donors (Lipinski definition) is 1. The summed E-state index contributed by atoms with van der Waals surface area (Å²) in [5.74, 6) is 5.55. The minimum atomic E-state index is -1.00. The van der Waals surface area contributed by atoms with Crippen LogP contribution >= 0.6 is 11.6 Å². The predicted octanol–water partition coefficient (Wildman–Crippen LogP) is 1.39. The third-order valence-electron chi connectivity index (χ3n) is 0.795. The summed E-state index contributed by atoms with van der Waals surface area (Å²) in [6, 6.07) is 0. The molecule has 0 rings (SSSR count). The minimum Gasteiger partial charge on any atom is -0.377 e. The molecule has 0 aliphatic heterocycles.